The van der Waals surface area contributed by atoms with Gasteiger partial charge in [0.15, 0.2) is 5.15 Å². The van der Waals surface area contributed by atoms with Crippen LogP contribution in [0.5, 0.6) is 0 Å². The molecule has 0 spiro atoms. The van der Waals surface area contributed by atoms with Crippen molar-refractivity contribution in [3.8, 4) is 0 Å². The Morgan fingerprint density at radius 1 is 1.50 bits per heavy atom. The molecule has 3 nitrogen and oxygen atoms in total. The molecule has 0 saturated carbocycles. The molecule has 1 atom stereocenters. The maximum absolute atomic E-state index is 9.23. The molecule has 0 amide bonds. The first-order valence-corrected chi connectivity index (χ1v) is 6.51. The number of hydrogen-bond donors (Lipinski definition) is 1. The van der Waals surface area contributed by atoms with Crippen LogP contribution in [-0.2, 0) is 12.8 Å². The highest BCUT2D eigenvalue weighted by Gasteiger charge is 2.23. The van der Waals surface area contributed by atoms with Crippen molar-refractivity contribution in [2.75, 3.05) is 6.61 Å². The highest BCUT2D eigenvalue weighted by Crippen LogP contribution is 2.37. The quantitative estimate of drug-likeness (QED) is 0.850. The summed E-state index contributed by atoms with van der Waals surface area (Å²) in [7, 11) is 0. The maximum atomic E-state index is 9.23. The Morgan fingerprint density at radius 3 is 3.19 bits per heavy atom. The first-order valence-electron chi connectivity index (χ1n) is 5.32. The van der Waals surface area contributed by atoms with Gasteiger partial charge in [0.25, 0.3) is 0 Å². The fraction of sp³-hybridized carbons (Fsp3) is 0.455. The minimum Gasteiger partial charge on any atom is -0.396 e. The number of hydrogen-bond acceptors (Lipinski definition) is 4. The number of thiophene rings is 1. The summed E-state index contributed by atoms with van der Waals surface area (Å²) in [4.78, 5) is 2.35. The Morgan fingerprint density at radius 2 is 2.38 bits per heavy atom. The first-order chi connectivity index (χ1) is 7.78. The fourth-order valence-electron chi connectivity index (χ4n) is 2.28. The molecule has 2 aromatic heterocycles. The monoisotopic (exact) mass is 254 g/mol. The second-order valence-corrected chi connectivity index (χ2v) is 5.65. The van der Waals surface area contributed by atoms with Crippen molar-refractivity contribution >= 4 is 33.2 Å². The highest BCUT2D eigenvalue weighted by molar-refractivity contribution is 7.18. The van der Waals surface area contributed by atoms with E-state index in [-0.39, 0.29) is 6.61 Å². The Balaban J connectivity index is 2.15. The van der Waals surface area contributed by atoms with Gasteiger partial charge in [0.05, 0.1) is 0 Å². The summed E-state index contributed by atoms with van der Waals surface area (Å²) in [5.74, 6) is 0.386. The zero-order valence-electron chi connectivity index (χ0n) is 8.61. The van der Waals surface area contributed by atoms with Crippen molar-refractivity contribution in [2.24, 2.45) is 5.92 Å². The molecule has 3 rings (SSSR count). The lowest BCUT2D eigenvalue weighted by molar-refractivity contribution is 0.214. The van der Waals surface area contributed by atoms with E-state index < -0.39 is 0 Å². The molecule has 1 aliphatic rings. The number of aryl methyl sites for hydroxylation is 1. The normalized spacial score (nSPS) is 20.0. The lowest BCUT2D eigenvalue weighted by Gasteiger charge is -2.19. The molecule has 84 valence electrons. The molecular formula is C11H11ClN2OS. The zero-order valence-corrected chi connectivity index (χ0v) is 10.2. The minimum absolute atomic E-state index is 0.267. The lowest BCUT2D eigenvalue weighted by atomic mass is 9.88. The molecule has 2 heterocycles. The number of fused-ring (bicyclic) bond motifs is 3. The molecule has 0 fully saturated rings. The van der Waals surface area contributed by atoms with Crippen molar-refractivity contribution in [3.05, 3.63) is 21.7 Å². The molecule has 0 aliphatic heterocycles. The summed E-state index contributed by atoms with van der Waals surface area (Å²) < 4.78 is 0. The summed E-state index contributed by atoms with van der Waals surface area (Å²) in [6.07, 6.45) is 3.05. The van der Waals surface area contributed by atoms with Gasteiger partial charge in [-0.3, -0.25) is 0 Å². The predicted octanol–water partition coefficient (Wildman–Crippen LogP) is 2.44. The number of halogens is 1. The van der Waals surface area contributed by atoms with Crippen LogP contribution in [0.15, 0.2) is 6.07 Å². The summed E-state index contributed by atoms with van der Waals surface area (Å²) >= 11 is 7.58. The molecule has 5 heteroatoms. The van der Waals surface area contributed by atoms with Crippen LogP contribution in [0.4, 0.5) is 0 Å². The van der Waals surface area contributed by atoms with E-state index >= 15 is 0 Å². The van der Waals surface area contributed by atoms with Crippen LogP contribution in [0.2, 0.25) is 5.15 Å². The Labute approximate surface area is 102 Å². The molecule has 0 saturated heterocycles. The second-order valence-electron chi connectivity index (χ2n) is 4.18. The molecule has 0 bridgehead atoms. The topological polar surface area (TPSA) is 46.0 Å². The van der Waals surface area contributed by atoms with Gasteiger partial charge < -0.3 is 5.11 Å². The van der Waals surface area contributed by atoms with Crippen LogP contribution in [0.3, 0.4) is 0 Å². The number of aliphatic hydroxyl groups excluding tert-OH is 1. The molecule has 1 unspecified atom stereocenters. The van der Waals surface area contributed by atoms with Gasteiger partial charge in [-0.2, -0.15) is 0 Å². The van der Waals surface area contributed by atoms with Crippen molar-refractivity contribution in [1.82, 2.24) is 10.2 Å². The zero-order chi connectivity index (χ0) is 11.1. The summed E-state index contributed by atoms with van der Waals surface area (Å²) in [6.45, 7) is 0.267. The number of aliphatic hydroxyl groups is 1. The van der Waals surface area contributed by atoms with Crippen molar-refractivity contribution in [3.63, 3.8) is 0 Å². The van der Waals surface area contributed by atoms with Crippen LogP contribution in [0.25, 0.3) is 10.2 Å². The maximum Gasteiger partial charge on any atom is 0.152 e. The minimum atomic E-state index is 0.267. The molecule has 0 aromatic carbocycles. The Bertz CT molecular complexity index is 540. The number of aromatic nitrogens is 2. The van der Waals surface area contributed by atoms with Crippen molar-refractivity contribution in [1.29, 1.82) is 0 Å². The van der Waals surface area contributed by atoms with Gasteiger partial charge in [0.2, 0.25) is 0 Å². The standard InChI is InChI=1S/C11H11ClN2OS/c12-10-4-8-7-3-6(5-15)1-2-9(7)16-11(8)14-13-10/h4,6,15H,1-3,5H2. The van der Waals surface area contributed by atoms with Crippen molar-refractivity contribution in [2.45, 2.75) is 19.3 Å². The van der Waals surface area contributed by atoms with E-state index in [0.29, 0.717) is 11.1 Å². The third-order valence-corrected chi connectivity index (χ3v) is 4.52. The van der Waals surface area contributed by atoms with Crippen LogP contribution < -0.4 is 0 Å². The predicted molar refractivity (Wildman–Crippen MR) is 65.0 cm³/mol. The second kappa shape index (κ2) is 3.95. The molecule has 0 radical (unpaired) electrons. The number of rotatable bonds is 1. The fourth-order valence-corrected chi connectivity index (χ4v) is 3.57. The average Bonchev–Trinajstić information content (AvgIpc) is 2.66. The molecule has 1 N–H and O–H groups in total. The van der Waals surface area contributed by atoms with E-state index in [0.717, 1.165) is 29.5 Å². The van der Waals surface area contributed by atoms with E-state index in [1.54, 1.807) is 11.3 Å². The summed E-state index contributed by atoms with van der Waals surface area (Å²) in [6, 6.07) is 1.89. The van der Waals surface area contributed by atoms with Gasteiger partial charge >= 0.3 is 0 Å². The van der Waals surface area contributed by atoms with Gasteiger partial charge in [0.1, 0.15) is 4.83 Å². The van der Waals surface area contributed by atoms with E-state index in [4.69, 9.17) is 11.6 Å². The Hall–Kier alpha value is -0.710. The van der Waals surface area contributed by atoms with Crippen molar-refractivity contribution < 1.29 is 5.11 Å². The van der Waals surface area contributed by atoms with Gasteiger partial charge in [-0.15, -0.1) is 21.5 Å². The average molecular weight is 255 g/mol. The van der Waals surface area contributed by atoms with E-state index in [9.17, 15) is 5.11 Å². The molecule has 1 aliphatic carbocycles. The van der Waals surface area contributed by atoms with E-state index in [2.05, 4.69) is 10.2 Å². The lowest BCUT2D eigenvalue weighted by Crippen LogP contribution is -2.15. The first kappa shape index (κ1) is 10.4. The SMILES string of the molecule is OCC1CCc2sc3nnc(Cl)cc3c2C1. The number of nitrogens with zero attached hydrogens (tertiary/aromatic N) is 2. The van der Waals surface area contributed by atoms with Gasteiger partial charge in [-0.1, -0.05) is 11.6 Å². The molecule has 16 heavy (non-hydrogen) atoms. The summed E-state index contributed by atoms with van der Waals surface area (Å²) in [5, 5.41) is 18.8. The third kappa shape index (κ3) is 1.61. The van der Waals surface area contributed by atoms with Crippen LogP contribution in [0.1, 0.15) is 16.9 Å². The molecule has 2 aromatic rings. The van der Waals surface area contributed by atoms with Crippen LogP contribution in [-0.4, -0.2) is 21.9 Å². The van der Waals surface area contributed by atoms with Gasteiger partial charge in [0, 0.05) is 16.9 Å². The van der Waals surface area contributed by atoms with Crippen LogP contribution in [0, 0.1) is 5.92 Å². The van der Waals surface area contributed by atoms with Gasteiger partial charge in [-0.25, -0.2) is 0 Å². The highest BCUT2D eigenvalue weighted by atomic mass is 35.5. The van der Waals surface area contributed by atoms with Crippen LogP contribution >= 0.6 is 22.9 Å². The van der Waals surface area contributed by atoms with E-state index in [1.165, 1.54) is 10.4 Å². The Kier molecular flexibility index (Phi) is 2.58. The molecular weight excluding hydrogens is 244 g/mol. The third-order valence-electron chi connectivity index (χ3n) is 3.14. The largest absolute Gasteiger partial charge is 0.396 e. The summed E-state index contributed by atoms with van der Waals surface area (Å²) in [5.41, 5.74) is 1.32. The van der Waals surface area contributed by atoms with E-state index in [1.807, 2.05) is 6.07 Å². The smallest absolute Gasteiger partial charge is 0.152 e. The van der Waals surface area contributed by atoms with Gasteiger partial charge in [-0.05, 0) is 36.8 Å².